The third-order valence-corrected chi connectivity index (χ3v) is 4.89. The fourth-order valence-corrected chi connectivity index (χ4v) is 3.53. The second-order valence-electron chi connectivity index (χ2n) is 4.09. The molecule has 0 aromatic rings. The lowest BCUT2D eigenvalue weighted by Crippen LogP contribution is -2.37. The Kier molecular flexibility index (Phi) is 6.72. The SMILES string of the molecule is COCCS(=O)(=O)N1CCCN(CCCl)CC1. The first-order valence-corrected chi connectivity index (χ1v) is 7.99. The molecule has 0 spiro atoms. The summed E-state index contributed by atoms with van der Waals surface area (Å²) in [7, 11) is -1.64. The van der Waals surface area contributed by atoms with E-state index in [2.05, 4.69) is 4.90 Å². The van der Waals surface area contributed by atoms with Gasteiger partial charge in [0.1, 0.15) is 0 Å². The summed E-state index contributed by atoms with van der Waals surface area (Å²) < 4.78 is 30.3. The zero-order valence-electron chi connectivity index (χ0n) is 10.3. The van der Waals surface area contributed by atoms with E-state index in [0.29, 0.717) is 19.0 Å². The van der Waals surface area contributed by atoms with Crippen molar-refractivity contribution in [3.05, 3.63) is 0 Å². The van der Waals surface area contributed by atoms with Gasteiger partial charge in [-0.15, -0.1) is 11.6 Å². The number of hydrogen-bond acceptors (Lipinski definition) is 4. The van der Waals surface area contributed by atoms with E-state index in [-0.39, 0.29) is 12.4 Å². The lowest BCUT2D eigenvalue weighted by Gasteiger charge is -2.20. The van der Waals surface area contributed by atoms with Gasteiger partial charge in [-0.1, -0.05) is 0 Å². The van der Waals surface area contributed by atoms with Crippen LogP contribution in [0.1, 0.15) is 6.42 Å². The number of hydrogen-bond donors (Lipinski definition) is 0. The summed E-state index contributed by atoms with van der Waals surface area (Å²) in [6, 6.07) is 0. The second kappa shape index (κ2) is 7.53. The van der Waals surface area contributed by atoms with Crippen LogP contribution < -0.4 is 0 Å². The van der Waals surface area contributed by atoms with Crippen molar-refractivity contribution in [2.45, 2.75) is 6.42 Å². The molecule has 0 saturated carbocycles. The maximum atomic E-state index is 12.0. The summed E-state index contributed by atoms with van der Waals surface area (Å²) in [6.45, 7) is 3.92. The minimum Gasteiger partial charge on any atom is -0.384 e. The van der Waals surface area contributed by atoms with Gasteiger partial charge in [-0.25, -0.2) is 12.7 Å². The van der Waals surface area contributed by atoms with Gasteiger partial charge in [0, 0.05) is 39.2 Å². The molecular weight excluding hydrogens is 264 g/mol. The van der Waals surface area contributed by atoms with Crippen LogP contribution in [0.25, 0.3) is 0 Å². The van der Waals surface area contributed by atoms with Crippen LogP contribution in [0.15, 0.2) is 0 Å². The molecule has 0 amide bonds. The highest BCUT2D eigenvalue weighted by Gasteiger charge is 2.24. The number of ether oxygens (including phenoxy) is 1. The fraction of sp³-hybridized carbons (Fsp3) is 1.00. The minimum absolute atomic E-state index is 0.0685. The van der Waals surface area contributed by atoms with Crippen molar-refractivity contribution in [2.24, 2.45) is 0 Å². The Balaban J connectivity index is 2.50. The first-order valence-electron chi connectivity index (χ1n) is 5.85. The molecule has 0 unspecified atom stereocenters. The van der Waals surface area contributed by atoms with Gasteiger partial charge >= 0.3 is 0 Å². The molecular formula is C10H21ClN2O3S. The van der Waals surface area contributed by atoms with Crippen molar-refractivity contribution in [3.63, 3.8) is 0 Å². The first kappa shape index (κ1) is 15.2. The maximum Gasteiger partial charge on any atom is 0.216 e. The molecule has 102 valence electrons. The van der Waals surface area contributed by atoms with Gasteiger partial charge in [-0.3, -0.25) is 0 Å². The maximum absolute atomic E-state index is 12.0. The van der Waals surface area contributed by atoms with Crippen molar-refractivity contribution in [2.75, 3.05) is 58.1 Å². The number of alkyl halides is 1. The van der Waals surface area contributed by atoms with Crippen LogP contribution in [0.4, 0.5) is 0 Å². The molecule has 1 rings (SSSR count). The summed E-state index contributed by atoms with van der Waals surface area (Å²) in [6.07, 6.45) is 0.864. The third-order valence-electron chi connectivity index (χ3n) is 2.89. The molecule has 7 heteroatoms. The van der Waals surface area contributed by atoms with E-state index in [1.807, 2.05) is 0 Å². The Morgan fingerprint density at radius 2 is 2.00 bits per heavy atom. The van der Waals surface area contributed by atoms with Crippen LogP contribution >= 0.6 is 11.6 Å². The van der Waals surface area contributed by atoms with Gasteiger partial charge in [-0.05, 0) is 13.0 Å². The molecule has 0 aromatic heterocycles. The molecule has 1 fully saturated rings. The average Bonchev–Trinajstić information content (AvgIpc) is 2.53. The fourth-order valence-electron chi connectivity index (χ4n) is 1.89. The quantitative estimate of drug-likeness (QED) is 0.654. The zero-order chi connectivity index (χ0) is 12.7. The van der Waals surface area contributed by atoms with Crippen LogP contribution in [0, 0.1) is 0 Å². The van der Waals surface area contributed by atoms with Gasteiger partial charge in [0.25, 0.3) is 0 Å². The molecule has 1 heterocycles. The number of halogens is 1. The van der Waals surface area contributed by atoms with Crippen LogP contribution in [-0.2, 0) is 14.8 Å². The van der Waals surface area contributed by atoms with Gasteiger partial charge in [-0.2, -0.15) is 0 Å². The molecule has 0 radical (unpaired) electrons. The number of nitrogens with zero attached hydrogens (tertiary/aromatic N) is 2. The van der Waals surface area contributed by atoms with Gasteiger partial charge in [0.05, 0.1) is 12.4 Å². The Labute approximate surface area is 109 Å². The summed E-state index contributed by atoms with van der Waals surface area (Å²) in [4.78, 5) is 2.21. The smallest absolute Gasteiger partial charge is 0.216 e. The number of sulfonamides is 1. The minimum atomic E-state index is -3.16. The Morgan fingerprint density at radius 1 is 1.24 bits per heavy atom. The summed E-state index contributed by atoms with van der Waals surface area (Å²) in [5.41, 5.74) is 0. The highest BCUT2D eigenvalue weighted by atomic mass is 35.5. The van der Waals surface area contributed by atoms with Gasteiger partial charge < -0.3 is 9.64 Å². The Morgan fingerprint density at radius 3 is 2.65 bits per heavy atom. The Hall–Kier alpha value is 0.120. The summed E-state index contributed by atoms with van der Waals surface area (Å²) in [5, 5.41) is 0. The molecule has 17 heavy (non-hydrogen) atoms. The van der Waals surface area contributed by atoms with Gasteiger partial charge in [0.2, 0.25) is 10.0 Å². The van der Waals surface area contributed by atoms with Crippen molar-refractivity contribution in [3.8, 4) is 0 Å². The zero-order valence-corrected chi connectivity index (χ0v) is 11.8. The molecule has 0 atom stereocenters. The topological polar surface area (TPSA) is 49.9 Å². The highest BCUT2D eigenvalue weighted by molar-refractivity contribution is 7.89. The molecule has 5 nitrogen and oxygen atoms in total. The molecule has 0 bridgehead atoms. The van der Waals surface area contributed by atoms with Crippen molar-refractivity contribution >= 4 is 21.6 Å². The van der Waals surface area contributed by atoms with Crippen LogP contribution in [-0.4, -0.2) is 75.7 Å². The van der Waals surface area contributed by atoms with E-state index in [4.69, 9.17) is 16.3 Å². The highest BCUT2D eigenvalue weighted by Crippen LogP contribution is 2.08. The molecule has 1 aliphatic rings. The lowest BCUT2D eigenvalue weighted by atomic mass is 10.4. The molecule has 0 aromatic carbocycles. The van der Waals surface area contributed by atoms with E-state index >= 15 is 0 Å². The predicted octanol–water partition coefficient (Wildman–Crippen LogP) is 0.209. The van der Waals surface area contributed by atoms with E-state index in [1.54, 1.807) is 4.31 Å². The van der Waals surface area contributed by atoms with Crippen LogP contribution in [0.2, 0.25) is 0 Å². The average molecular weight is 285 g/mol. The monoisotopic (exact) mass is 284 g/mol. The van der Waals surface area contributed by atoms with Gasteiger partial charge in [0.15, 0.2) is 0 Å². The third kappa shape index (κ3) is 5.09. The predicted molar refractivity (Wildman–Crippen MR) is 69.0 cm³/mol. The summed E-state index contributed by atoms with van der Waals surface area (Å²) >= 11 is 5.69. The van der Waals surface area contributed by atoms with E-state index in [9.17, 15) is 8.42 Å². The Bertz CT molecular complexity index is 311. The van der Waals surface area contributed by atoms with Crippen molar-refractivity contribution in [1.29, 1.82) is 0 Å². The lowest BCUT2D eigenvalue weighted by molar-refractivity contribution is 0.215. The second-order valence-corrected chi connectivity index (χ2v) is 6.56. The van der Waals surface area contributed by atoms with Crippen molar-refractivity contribution in [1.82, 2.24) is 9.21 Å². The normalized spacial score (nSPS) is 20.4. The largest absolute Gasteiger partial charge is 0.384 e. The van der Waals surface area contributed by atoms with Crippen molar-refractivity contribution < 1.29 is 13.2 Å². The standard InChI is InChI=1S/C10H21ClN2O3S/c1-16-9-10-17(14,15)13-5-2-4-12(6-3-11)7-8-13/h2-10H2,1H3. The van der Waals surface area contributed by atoms with E-state index in [0.717, 1.165) is 26.1 Å². The molecule has 0 aliphatic carbocycles. The van der Waals surface area contributed by atoms with E-state index < -0.39 is 10.0 Å². The number of methoxy groups -OCH3 is 1. The van der Waals surface area contributed by atoms with E-state index in [1.165, 1.54) is 7.11 Å². The number of rotatable bonds is 6. The molecule has 0 N–H and O–H groups in total. The van der Waals surface area contributed by atoms with Crippen LogP contribution in [0.3, 0.4) is 0 Å². The first-order chi connectivity index (χ1) is 8.10. The molecule has 1 saturated heterocycles. The summed E-state index contributed by atoms with van der Waals surface area (Å²) in [5.74, 6) is 0.662. The molecule has 1 aliphatic heterocycles. The van der Waals surface area contributed by atoms with Crippen LogP contribution in [0.5, 0.6) is 0 Å².